The molecule has 2 aromatic rings. The van der Waals surface area contributed by atoms with Crippen molar-refractivity contribution in [2.24, 2.45) is 11.3 Å². The molecule has 0 aromatic carbocycles. The molecule has 0 unspecified atom stereocenters. The summed E-state index contributed by atoms with van der Waals surface area (Å²) in [4.78, 5) is 29.2. The average molecular weight is 312 g/mol. The third-order valence-electron chi connectivity index (χ3n) is 5.31. The van der Waals surface area contributed by atoms with Crippen molar-refractivity contribution >= 4 is 16.9 Å². The molecule has 2 bridgehead atoms. The van der Waals surface area contributed by atoms with Gasteiger partial charge >= 0.3 is 5.97 Å². The van der Waals surface area contributed by atoms with Crippen LogP contribution in [0, 0.1) is 18.3 Å². The summed E-state index contributed by atoms with van der Waals surface area (Å²) in [6.07, 6.45) is 5.58. The predicted octanol–water partition coefficient (Wildman–Crippen LogP) is 2.68. The Morgan fingerprint density at radius 3 is 2.78 bits per heavy atom. The molecule has 0 saturated heterocycles. The Hall–Kier alpha value is -2.17. The molecule has 2 heterocycles. The fraction of sp³-hybridized carbons (Fsp3) is 0.500. The largest absolute Gasteiger partial charge is 0.462 e. The molecule has 0 atom stereocenters. The molecule has 0 spiro atoms. The van der Waals surface area contributed by atoms with Crippen LogP contribution in [0.5, 0.6) is 0 Å². The minimum absolute atomic E-state index is 0.0646. The van der Waals surface area contributed by atoms with Crippen molar-refractivity contribution < 1.29 is 9.53 Å². The number of fused-ring (bicyclic) bond motifs is 1. The first-order valence-electron chi connectivity index (χ1n) is 8.19. The van der Waals surface area contributed by atoms with E-state index >= 15 is 0 Å². The van der Waals surface area contributed by atoms with Crippen molar-refractivity contribution in [2.45, 2.75) is 39.7 Å². The minimum atomic E-state index is -0.423. The van der Waals surface area contributed by atoms with Crippen LogP contribution in [0.15, 0.2) is 23.1 Å². The zero-order valence-electron chi connectivity index (χ0n) is 13.5. The van der Waals surface area contributed by atoms with Crippen molar-refractivity contribution in [1.29, 1.82) is 0 Å². The predicted molar refractivity (Wildman–Crippen MR) is 86.5 cm³/mol. The SMILES string of the molecule is CCOC(=O)c1cc2c(=O)n(CC34CC(C3)C4)ccc2nc1C. The molecule has 3 saturated carbocycles. The molecule has 120 valence electrons. The highest BCUT2D eigenvalue weighted by Crippen LogP contribution is 2.65. The maximum atomic E-state index is 12.8. The summed E-state index contributed by atoms with van der Waals surface area (Å²) >= 11 is 0. The molecule has 2 aromatic heterocycles. The Morgan fingerprint density at radius 1 is 1.43 bits per heavy atom. The van der Waals surface area contributed by atoms with Gasteiger partial charge in [-0.05, 0) is 56.6 Å². The van der Waals surface area contributed by atoms with E-state index in [1.807, 2.05) is 12.3 Å². The van der Waals surface area contributed by atoms with E-state index in [2.05, 4.69) is 4.98 Å². The van der Waals surface area contributed by atoms with E-state index in [0.29, 0.717) is 34.2 Å². The number of pyridine rings is 2. The van der Waals surface area contributed by atoms with Crippen molar-refractivity contribution in [2.75, 3.05) is 6.61 Å². The van der Waals surface area contributed by atoms with Crippen molar-refractivity contribution in [3.63, 3.8) is 0 Å². The van der Waals surface area contributed by atoms with Crippen LogP contribution >= 0.6 is 0 Å². The molecule has 3 aliphatic rings. The number of rotatable bonds is 4. The van der Waals surface area contributed by atoms with Gasteiger partial charge in [0, 0.05) is 12.7 Å². The summed E-state index contributed by atoms with van der Waals surface area (Å²) in [6.45, 7) is 4.61. The number of carbonyl (C=O) groups excluding carboxylic acids is 1. The van der Waals surface area contributed by atoms with Gasteiger partial charge in [-0.25, -0.2) is 4.79 Å². The fourth-order valence-corrected chi connectivity index (χ4v) is 4.06. The molecule has 0 aliphatic heterocycles. The maximum Gasteiger partial charge on any atom is 0.339 e. The molecule has 5 heteroatoms. The molecule has 0 N–H and O–H groups in total. The van der Waals surface area contributed by atoms with Crippen LogP contribution in [0.1, 0.15) is 42.2 Å². The Labute approximate surface area is 134 Å². The van der Waals surface area contributed by atoms with E-state index in [9.17, 15) is 9.59 Å². The van der Waals surface area contributed by atoms with Gasteiger partial charge in [0.2, 0.25) is 0 Å². The van der Waals surface area contributed by atoms with Gasteiger partial charge in [-0.15, -0.1) is 0 Å². The normalized spacial score (nSPS) is 24.9. The van der Waals surface area contributed by atoms with Crippen molar-refractivity contribution in [1.82, 2.24) is 9.55 Å². The van der Waals surface area contributed by atoms with Gasteiger partial charge in [-0.2, -0.15) is 0 Å². The van der Waals surface area contributed by atoms with Gasteiger partial charge in [0.1, 0.15) is 0 Å². The lowest BCUT2D eigenvalue weighted by atomic mass is 9.44. The number of aryl methyl sites for hydroxylation is 1. The molecule has 3 aliphatic carbocycles. The number of ether oxygens (including phenoxy) is 1. The van der Waals surface area contributed by atoms with Gasteiger partial charge in [-0.3, -0.25) is 9.78 Å². The summed E-state index contributed by atoms with van der Waals surface area (Å²) in [7, 11) is 0. The fourth-order valence-electron chi connectivity index (χ4n) is 4.06. The lowest BCUT2D eigenvalue weighted by Gasteiger charge is -2.62. The van der Waals surface area contributed by atoms with Crippen LogP contribution in [-0.4, -0.2) is 22.1 Å². The first-order chi connectivity index (χ1) is 11.0. The highest BCUT2D eigenvalue weighted by atomic mass is 16.5. The summed E-state index contributed by atoms with van der Waals surface area (Å²) in [5, 5.41) is 0.493. The van der Waals surface area contributed by atoms with Crippen LogP contribution in [0.3, 0.4) is 0 Å². The maximum absolute atomic E-state index is 12.8. The zero-order chi connectivity index (χ0) is 16.2. The molecule has 23 heavy (non-hydrogen) atoms. The summed E-state index contributed by atoms with van der Waals surface area (Å²) in [5.41, 5.74) is 1.89. The molecule has 5 rings (SSSR count). The van der Waals surface area contributed by atoms with Gasteiger partial charge in [0.15, 0.2) is 0 Å². The number of hydrogen-bond acceptors (Lipinski definition) is 4. The van der Waals surface area contributed by atoms with E-state index in [-0.39, 0.29) is 5.56 Å². The molecular weight excluding hydrogens is 292 g/mol. The molecular formula is C18H20N2O3. The molecule has 5 nitrogen and oxygen atoms in total. The van der Waals surface area contributed by atoms with E-state index in [1.54, 1.807) is 24.5 Å². The third-order valence-corrected chi connectivity index (χ3v) is 5.31. The van der Waals surface area contributed by atoms with Gasteiger partial charge < -0.3 is 9.30 Å². The molecule has 0 radical (unpaired) electrons. The van der Waals surface area contributed by atoms with E-state index in [4.69, 9.17) is 4.74 Å². The first-order valence-corrected chi connectivity index (χ1v) is 8.19. The Balaban J connectivity index is 1.76. The van der Waals surface area contributed by atoms with E-state index in [1.165, 1.54) is 19.3 Å². The standard InChI is InChI=1S/C18H20N2O3/c1-3-23-17(22)13-6-14-15(19-11(13)2)4-5-20(16(14)21)10-18-7-12(8-18)9-18/h4-6,12H,3,7-10H2,1-2H3. The minimum Gasteiger partial charge on any atom is -0.462 e. The van der Waals surface area contributed by atoms with Crippen LogP contribution in [0.4, 0.5) is 0 Å². The third kappa shape index (κ3) is 2.18. The number of carbonyl (C=O) groups is 1. The first kappa shape index (κ1) is 14.4. The summed E-state index contributed by atoms with van der Waals surface area (Å²) in [5.74, 6) is 0.472. The number of hydrogen-bond donors (Lipinski definition) is 0. The van der Waals surface area contributed by atoms with Gasteiger partial charge in [-0.1, -0.05) is 0 Å². The smallest absolute Gasteiger partial charge is 0.339 e. The highest BCUT2D eigenvalue weighted by molar-refractivity contribution is 5.94. The van der Waals surface area contributed by atoms with Gasteiger partial charge in [0.25, 0.3) is 5.56 Å². The quantitative estimate of drug-likeness (QED) is 0.814. The van der Waals surface area contributed by atoms with E-state index in [0.717, 1.165) is 12.5 Å². The van der Waals surface area contributed by atoms with Gasteiger partial charge in [0.05, 0.1) is 28.8 Å². The van der Waals surface area contributed by atoms with Crippen molar-refractivity contribution in [3.05, 3.63) is 39.9 Å². The van der Waals surface area contributed by atoms with Crippen LogP contribution < -0.4 is 5.56 Å². The Bertz CT molecular complexity index is 851. The monoisotopic (exact) mass is 312 g/mol. The lowest BCUT2D eigenvalue weighted by molar-refractivity contribution is -0.118. The molecule has 3 fully saturated rings. The van der Waals surface area contributed by atoms with Crippen LogP contribution in [0.25, 0.3) is 10.9 Å². The van der Waals surface area contributed by atoms with Crippen LogP contribution in [-0.2, 0) is 11.3 Å². The van der Waals surface area contributed by atoms with Crippen molar-refractivity contribution in [3.8, 4) is 0 Å². The zero-order valence-corrected chi connectivity index (χ0v) is 13.5. The second kappa shape index (κ2) is 4.91. The number of nitrogens with zero attached hydrogens (tertiary/aromatic N) is 2. The summed E-state index contributed by atoms with van der Waals surface area (Å²) in [6, 6.07) is 3.50. The average Bonchev–Trinajstić information content (AvgIpc) is 2.43. The second-order valence-electron chi connectivity index (χ2n) is 7.00. The van der Waals surface area contributed by atoms with E-state index < -0.39 is 5.97 Å². The highest BCUT2D eigenvalue weighted by Gasteiger charge is 2.56. The topological polar surface area (TPSA) is 61.2 Å². The lowest BCUT2D eigenvalue weighted by Crippen LogP contribution is -2.54. The second-order valence-corrected chi connectivity index (χ2v) is 7.00. The molecule has 0 amide bonds. The Kier molecular flexibility index (Phi) is 3.08. The number of esters is 1. The summed E-state index contributed by atoms with van der Waals surface area (Å²) < 4.78 is 6.83. The van der Waals surface area contributed by atoms with Crippen LogP contribution in [0.2, 0.25) is 0 Å². The Morgan fingerprint density at radius 2 is 2.17 bits per heavy atom. The number of aromatic nitrogens is 2.